The van der Waals surface area contributed by atoms with Crippen molar-refractivity contribution in [3.63, 3.8) is 0 Å². The predicted octanol–water partition coefficient (Wildman–Crippen LogP) is 3.11. The molecule has 1 aromatic rings. The highest BCUT2D eigenvalue weighted by Gasteiger charge is 2.26. The fraction of sp³-hybridized carbons (Fsp3) is 0.500. The number of hydrogen-bond donors (Lipinski definition) is 0. The Kier molecular flexibility index (Phi) is 2.53. The van der Waals surface area contributed by atoms with Gasteiger partial charge in [-0.3, -0.25) is 0 Å². The second kappa shape index (κ2) is 3.82. The van der Waals surface area contributed by atoms with Gasteiger partial charge in [0.1, 0.15) is 5.75 Å². The van der Waals surface area contributed by atoms with E-state index in [-0.39, 0.29) is 0 Å². The normalized spacial score (nSPS) is 26.5. The Hall–Kier alpha value is -0.980. The highest BCUT2D eigenvalue weighted by atomic mass is 16.5. The molecule has 0 N–H and O–H groups in total. The van der Waals surface area contributed by atoms with Crippen LogP contribution in [0.1, 0.15) is 19.8 Å². The van der Waals surface area contributed by atoms with Crippen molar-refractivity contribution in [2.24, 2.45) is 11.8 Å². The van der Waals surface area contributed by atoms with E-state index in [1.807, 2.05) is 30.3 Å². The number of hydrogen-bond acceptors (Lipinski definition) is 1. The summed E-state index contributed by atoms with van der Waals surface area (Å²) in [6.45, 7) is 3.20. The molecule has 2 rings (SSSR count). The lowest BCUT2D eigenvalue weighted by molar-refractivity contribution is 0.116. The third-order valence-electron chi connectivity index (χ3n) is 3.00. The average Bonchev–Trinajstić information content (AvgIpc) is 2.17. The first-order chi connectivity index (χ1) is 6.36. The maximum absolute atomic E-state index is 5.68. The quantitative estimate of drug-likeness (QED) is 0.687. The van der Waals surface area contributed by atoms with Gasteiger partial charge < -0.3 is 4.74 Å². The van der Waals surface area contributed by atoms with E-state index in [2.05, 4.69) is 6.92 Å². The molecule has 1 aromatic carbocycles. The molecule has 1 heteroatoms. The molecule has 0 aromatic heterocycles. The lowest BCUT2D eigenvalue weighted by atomic mass is 9.75. The SMILES string of the molecule is C[C@H]1CC[C@@H]1COc1ccccc1. The van der Waals surface area contributed by atoms with Crippen molar-refractivity contribution in [2.45, 2.75) is 19.8 Å². The van der Waals surface area contributed by atoms with Crippen molar-refractivity contribution in [3.05, 3.63) is 30.3 Å². The molecule has 1 nitrogen and oxygen atoms in total. The molecule has 13 heavy (non-hydrogen) atoms. The van der Waals surface area contributed by atoms with E-state index in [0.717, 1.165) is 24.2 Å². The van der Waals surface area contributed by atoms with E-state index < -0.39 is 0 Å². The topological polar surface area (TPSA) is 9.23 Å². The van der Waals surface area contributed by atoms with Gasteiger partial charge in [0.15, 0.2) is 0 Å². The van der Waals surface area contributed by atoms with Gasteiger partial charge in [-0.1, -0.05) is 25.1 Å². The minimum atomic E-state index is 0.792. The second-order valence-electron chi connectivity index (χ2n) is 3.94. The Morgan fingerprint density at radius 3 is 2.54 bits per heavy atom. The Balaban J connectivity index is 1.80. The molecule has 0 saturated heterocycles. The average molecular weight is 176 g/mol. The summed E-state index contributed by atoms with van der Waals surface area (Å²) in [5.41, 5.74) is 0. The van der Waals surface area contributed by atoms with Crippen LogP contribution in [0.2, 0.25) is 0 Å². The highest BCUT2D eigenvalue weighted by Crippen LogP contribution is 2.33. The maximum Gasteiger partial charge on any atom is 0.119 e. The summed E-state index contributed by atoms with van der Waals surface area (Å²) in [6, 6.07) is 10.1. The van der Waals surface area contributed by atoms with Crippen molar-refractivity contribution in [1.29, 1.82) is 0 Å². The van der Waals surface area contributed by atoms with Crippen LogP contribution in [0.5, 0.6) is 5.75 Å². The zero-order valence-electron chi connectivity index (χ0n) is 8.07. The second-order valence-corrected chi connectivity index (χ2v) is 3.94. The molecule has 0 amide bonds. The number of rotatable bonds is 3. The summed E-state index contributed by atoms with van der Waals surface area (Å²) < 4.78 is 5.68. The fourth-order valence-electron chi connectivity index (χ4n) is 1.70. The Labute approximate surface area is 79.7 Å². The summed E-state index contributed by atoms with van der Waals surface area (Å²) in [4.78, 5) is 0. The molecular weight excluding hydrogens is 160 g/mol. The largest absolute Gasteiger partial charge is 0.493 e. The van der Waals surface area contributed by atoms with Crippen LogP contribution in [-0.2, 0) is 0 Å². The van der Waals surface area contributed by atoms with E-state index >= 15 is 0 Å². The van der Waals surface area contributed by atoms with E-state index in [9.17, 15) is 0 Å². The number of para-hydroxylation sites is 1. The van der Waals surface area contributed by atoms with Crippen LogP contribution >= 0.6 is 0 Å². The van der Waals surface area contributed by atoms with E-state index in [1.165, 1.54) is 12.8 Å². The van der Waals surface area contributed by atoms with E-state index in [4.69, 9.17) is 4.74 Å². The standard InChI is InChI=1S/C12H16O/c1-10-7-8-11(10)9-13-12-5-3-2-4-6-12/h2-6,10-11H,7-9H2,1H3/t10-,11+/m0/s1. The minimum absolute atomic E-state index is 0.792. The van der Waals surface area contributed by atoms with Gasteiger partial charge in [-0.05, 0) is 36.8 Å². The molecule has 1 fully saturated rings. The molecule has 1 aliphatic carbocycles. The fourth-order valence-corrected chi connectivity index (χ4v) is 1.70. The summed E-state index contributed by atoms with van der Waals surface area (Å²) in [5.74, 6) is 2.66. The molecule has 0 bridgehead atoms. The summed E-state index contributed by atoms with van der Waals surface area (Å²) in [5, 5.41) is 0. The highest BCUT2D eigenvalue weighted by molar-refractivity contribution is 5.20. The van der Waals surface area contributed by atoms with Crippen LogP contribution in [0, 0.1) is 11.8 Å². The molecular formula is C12H16O. The summed E-state index contributed by atoms with van der Waals surface area (Å²) >= 11 is 0. The van der Waals surface area contributed by atoms with Crippen LogP contribution in [0.25, 0.3) is 0 Å². The Bertz CT molecular complexity index is 255. The van der Waals surface area contributed by atoms with Crippen LogP contribution in [0.3, 0.4) is 0 Å². The zero-order valence-corrected chi connectivity index (χ0v) is 8.07. The first-order valence-electron chi connectivity index (χ1n) is 5.04. The van der Waals surface area contributed by atoms with E-state index in [1.54, 1.807) is 0 Å². The van der Waals surface area contributed by atoms with Gasteiger partial charge >= 0.3 is 0 Å². The van der Waals surface area contributed by atoms with Gasteiger partial charge in [0, 0.05) is 0 Å². The molecule has 0 heterocycles. The minimum Gasteiger partial charge on any atom is -0.493 e. The molecule has 70 valence electrons. The van der Waals surface area contributed by atoms with Gasteiger partial charge in [-0.15, -0.1) is 0 Å². The molecule has 0 aliphatic heterocycles. The lowest BCUT2D eigenvalue weighted by Crippen LogP contribution is -2.28. The number of benzene rings is 1. The molecule has 0 spiro atoms. The maximum atomic E-state index is 5.68. The van der Waals surface area contributed by atoms with Crippen molar-refractivity contribution in [1.82, 2.24) is 0 Å². The molecule has 0 radical (unpaired) electrons. The number of ether oxygens (including phenoxy) is 1. The first-order valence-corrected chi connectivity index (χ1v) is 5.04. The Morgan fingerprint density at radius 1 is 1.23 bits per heavy atom. The van der Waals surface area contributed by atoms with Crippen molar-refractivity contribution < 1.29 is 4.74 Å². The smallest absolute Gasteiger partial charge is 0.119 e. The van der Waals surface area contributed by atoms with Crippen molar-refractivity contribution in [3.8, 4) is 5.75 Å². The van der Waals surface area contributed by atoms with Crippen LogP contribution in [0.4, 0.5) is 0 Å². The van der Waals surface area contributed by atoms with Crippen molar-refractivity contribution >= 4 is 0 Å². The summed E-state index contributed by atoms with van der Waals surface area (Å²) in [7, 11) is 0. The van der Waals surface area contributed by atoms with Gasteiger partial charge in [0.2, 0.25) is 0 Å². The van der Waals surface area contributed by atoms with Gasteiger partial charge in [0.25, 0.3) is 0 Å². The van der Waals surface area contributed by atoms with Gasteiger partial charge in [-0.25, -0.2) is 0 Å². The van der Waals surface area contributed by atoms with Crippen LogP contribution in [-0.4, -0.2) is 6.61 Å². The van der Waals surface area contributed by atoms with Gasteiger partial charge in [0.05, 0.1) is 6.61 Å². The van der Waals surface area contributed by atoms with Crippen LogP contribution < -0.4 is 4.74 Å². The Morgan fingerprint density at radius 2 is 2.00 bits per heavy atom. The first kappa shape index (κ1) is 8.61. The summed E-state index contributed by atoms with van der Waals surface area (Å²) in [6.07, 6.45) is 2.72. The van der Waals surface area contributed by atoms with Crippen LogP contribution in [0.15, 0.2) is 30.3 Å². The molecule has 1 aliphatic rings. The molecule has 0 unspecified atom stereocenters. The van der Waals surface area contributed by atoms with Gasteiger partial charge in [-0.2, -0.15) is 0 Å². The molecule has 2 atom stereocenters. The third kappa shape index (κ3) is 2.03. The monoisotopic (exact) mass is 176 g/mol. The third-order valence-corrected chi connectivity index (χ3v) is 3.00. The predicted molar refractivity (Wildman–Crippen MR) is 53.8 cm³/mol. The molecule has 1 saturated carbocycles. The van der Waals surface area contributed by atoms with Crippen molar-refractivity contribution in [2.75, 3.05) is 6.61 Å². The van der Waals surface area contributed by atoms with E-state index in [0.29, 0.717) is 0 Å². The zero-order chi connectivity index (χ0) is 9.10. The lowest BCUT2D eigenvalue weighted by Gasteiger charge is -2.33.